The fourth-order valence-electron chi connectivity index (χ4n) is 4.79. The van der Waals surface area contributed by atoms with Gasteiger partial charge in [-0.1, -0.05) is 37.3 Å². The normalized spacial score (nSPS) is 23.1. The molecule has 5 nitrogen and oxygen atoms in total. The number of hydrogen-bond donors (Lipinski definition) is 1. The average Bonchev–Trinajstić information content (AvgIpc) is 3.02. The van der Waals surface area contributed by atoms with Crippen molar-refractivity contribution in [2.45, 2.75) is 26.2 Å². The first-order valence-corrected chi connectivity index (χ1v) is 10.9. The van der Waals surface area contributed by atoms with Gasteiger partial charge < -0.3 is 10.1 Å². The van der Waals surface area contributed by atoms with Crippen molar-refractivity contribution in [3.8, 4) is 11.5 Å². The molecular formula is C26H26N2O3. The third kappa shape index (κ3) is 3.88. The number of anilines is 1. The summed E-state index contributed by atoms with van der Waals surface area (Å²) in [5.74, 6) is 1.73. The van der Waals surface area contributed by atoms with Gasteiger partial charge in [0.2, 0.25) is 11.8 Å². The van der Waals surface area contributed by atoms with Crippen LogP contribution in [0.3, 0.4) is 0 Å². The lowest BCUT2D eigenvalue weighted by Gasteiger charge is -2.25. The summed E-state index contributed by atoms with van der Waals surface area (Å²) < 4.78 is 5.98. The van der Waals surface area contributed by atoms with E-state index in [1.165, 1.54) is 10.3 Å². The van der Waals surface area contributed by atoms with E-state index in [0.29, 0.717) is 5.92 Å². The highest BCUT2D eigenvalue weighted by molar-refractivity contribution is 6.05. The van der Waals surface area contributed by atoms with Gasteiger partial charge in [-0.15, -0.1) is 0 Å². The predicted octanol–water partition coefficient (Wildman–Crippen LogP) is 5.42. The Hall–Kier alpha value is -3.34. The van der Waals surface area contributed by atoms with Crippen molar-refractivity contribution in [3.05, 3.63) is 66.7 Å². The Morgan fingerprint density at radius 3 is 2.39 bits per heavy atom. The minimum atomic E-state index is -0.129. The van der Waals surface area contributed by atoms with Crippen LogP contribution in [0.15, 0.2) is 66.7 Å². The first kappa shape index (κ1) is 19.6. The van der Waals surface area contributed by atoms with Crippen molar-refractivity contribution < 1.29 is 14.3 Å². The number of fused-ring (bicyclic) bond motifs is 2. The van der Waals surface area contributed by atoms with Crippen LogP contribution in [0.2, 0.25) is 0 Å². The number of rotatable bonds is 5. The molecule has 1 saturated heterocycles. The molecule has 3 aromatic carbocycles. The van der Waals surface area contributed by atoms with Gasteiger partial charge in [0, 0.05) is 5.69 Å². The van der Waals surface area contributed by atoms with Gasteiger partial charge in [-0.2, -0.15) is 0 Å². The van der Waals surface area contributed by atoms with E-state index in [0.717, 1.165) is 41.8 Å². The first-order valence-electron chi connectivity index (χ1n) is 10.9. The largest absolute Gasteiger partial charge is 0.457 e. The number of imide groups is 1. The molecule has 1 heterocycles. The molecule has 3 aromatic rings. The molecule has 1 aliphatic carbocycles. The molecule has 1 saturated carbocycles. The zero-order valence-electron chi connectivity index (χ0n) is 17.6. The summed E-state index contributed by atoms with van der Waals surface area (Å²) >= 11 is 0. The summed E-state index contributed by atoms with van der Waals surface area (Å²) in [5.41, 5.74) is 0.842. The fraction of sp³-hybridized carbons (Fsp3) is 0.308. The lowest BCUT2D eigenvalue weighted by molar-refractivity contribution is -0.139. The highest BCUT2D eigenvalue weighted by Crippen LogP contribution is 2.40. The zero-order valence-corrected chi connectivity index (χ0v) is 17.6. The Kier molecular flexibility index (Phi) is 5.10. The monoisotopic (exact) mass is 414 g/mol. The van der Waals surface area contributed by atoms with Crippen LogP contribution in [0.5, 0.6) is 11.5 Å². The fourth-order valence-corrected chi connectivity index (χ4v) is 4.79. The van der Waals surface area contributed by atoms with E-state index < -0.39 is 0 Å². The number of nitrogens with one attached hydrogen (secondary N) is 1. The van der Waals surface area contributed by atoms with Gasteiger partial charge in [0.05, 0.1) is 18.5 Å². The molecule has 2 fully saturated rings. The molecular weight excluding hydrogens is 388 g/mol. The molecule has 158 valence electrons. The summed E-state index contributed by atoms with van der Waals surface area (Å²) in [6.45, 7) is 2.38. The van der Waals surface area contributed by atoms with Crippen LogP contribution < -0.4 is 10.1 Å². The number of likely N-dealkylation sites (tertiary alicyclic amines) is 1. The molecule has 31 heavy (non-hydrogen) atoms. The second kappa shape index (κ2) is 8.06. The van der Waals surface area contributed by atoms with E-state index in [-0.39, 0.29) is 30.3 Å². The van der Waals surface area contributed by atoms with Crippen LogP contribution in [0.1, 0.15) is 26.2 Å². The second-order valence-electron chi connectivity index (χ2n) is 8.71. The van der Waals surface area contributed by atoms with Crippen LogP contribution in [-0.2, 0) is 9.59 Å². The van der Waals surface area contributed by atoms with Crippen LogP contribution in [-0.4, -0.2) is 23.4 Å². The van der Waals surface area contributed by atoms with Crippen molar-refractivity contribution in [1.82, 2.24) is 4.90 Å². The highest BCUT2D eigenvalue weighted by atomic mass is 16.5. The van der Waals surface area contributed by atoms with Gasteiger partial charge >= 0.3 is 0 Å². The summed E-state index contributed by atoms with van der Waals surface area (Å²) in [5, 5.41) is 5.52. The minimum Gasteiger partial charge on any atom is -0.457 e. The van der Waals surface area contributed by atoms with E-state index >= 15 is 0 Å². The SMILES string of the molecule is C[C@@H]1CC[C@H]2C(=O)N(CNc3ccc(Oc4ccc5ccccc5c4)cc3)C(=O)[C@H]2C1. The van der Waals surface area contributed by atoms with Crippen LogP contribution in [0, 0.1) is 17.8 Å². The standard InChI is InChI=1S/C26H26N2O3/c1-17-6-13-23-24(14-17)26(30)28(25(23)29)16-27-20-8-11-21(12-9-20)31-22-10-7-18-4-2-3-5-19(18)15-22/h2-5,7-12,15,17,23-24,27H,6,13-14,16H2,1H3/t17-,23-,24+/m1/s1. The van der Waals surface area contributed by atoms with Crippen molar-refractivity contribution >= 4 is 28.3 Å². The Morgan fingerprint density at radius 2 is 1.58 bits per heavy atom. The summed E-state index contributed by atoms with van der Waals surface area (Å²) in [4.78, 5) is 26.8. The lowest BCUT2D eigenvalue weighted by Crippen LogP contribution is -2.35. The van der Waals surface area contributed by atoms with E-state index in [9.17, 15) is 9.59 Å². The summed E-state index contributed by atoms with van der Waals surface area (Å²) in [6, 6.07) is 21.8. The Balaban J connectivity index is 1.21. The second-order valence-corrected chi connectivity index (χ2v) is 8.71. The Morgan fingerprint density at radius 1 is 0.871 bits per heavy atom. The Bertz CT molecular complexity index is 1120. The maximum Gasteiger partial charge on any atom is 0.234 e. The summed E-state index contributed by atoms with van der Waals surface area (Å²) in [6.07, 6.45) is 2.68. The van der Waals surface area contributed by atoms with E-state index in [4.69, 9.17) is 4.74 Å². The molecule has 2 amide bonds. The minimum absolute atomic E-state index is 0.0225. The first-order chi connectivity index (χ1) is 15.1. The topological polar surface area (TPSA) is 58.6 Å². The maximum atomic E-state index is 12.7. The third-order valence-electron chi connectivity index (χ3n) is 6.53. The number of nitrogens with zero attached hydrogens (tertiary/aromatic N) is 1. The molecule has 1 N–H and O–H groups in total. The molecule has 0 spiro atoms. The number of hydrogen-bond acceptors (Lipinski definition) is 4. The lowest BCUT2D eigenvalue weighted by atomic mass is 9.76. The van der Waals surface area contributed by atoms with Crippen molar-refractivity contribution in [2.24, 2.45) is 17.8 Å². The van der Waals surface area contributed by atoms with Gasteiger partial charge in [-0.25, -0.2) is 0 Å². The molecule has 2 aliphatic rings. The smallest absolute Gasteiger partial charge is 0.234 e. The molecule has 5 heteroatoms. The third-order valence-corrected chi connectivity index (χ3v) is 6.53. The van der Waals surface area contributed by atoms with Gasteiger partial charge in [-0.05, 0) is 72.4 Å². The van der Waals surface area contributed by atoms with Crippen molar-refractivity contribution in [3.63, 3.8) is 0 Å². The number of carbonyl (C=O) groups is 2. The molecule has 0 unspecified atom stereocenters. The van der Waals surface area contributed by atoms with Crippen molar-refractivity contribution in [1.29, 1.82) is 0 Å². The van der Waals surface area contributed by atoms with E-state index in [1.54, 1.807) is 0 Å². The predicted molar refractivity (Wildman–Crippen MR) is 121 cm³/mol. The van der Waals surface area contributed by atoms with E-state index in [2.05, 4.69) is 24.4 Å². The number of amides is 2. The average molecular weight is 415 g/mol. The number of ether oxygens (including phenoxy) is 1. The molecule has 0 aromatic heterocycles. The molecule has 5 rings (SSSR count). The van der Waals surface area contributed by atoms with Crippen molar-refractivity contribution in [2.75, 3.05) is 12.0 Å². The van der Waals surface area contributed by atoms with Crippen LogP contribution in [0.4, 0.5) is 5.69 Å². The van der Waals surface area contributed by atoms with E-state index in [1.807, 2.05) is 54.6 Å². The molecule has 0 bridgehead atoms. The quantitative estimate of drug-likeness (QED) is 0.566. The maximum absolute atomic E-state index is 12.7. The molecule has 0 radical (unpaired) electrons. The molecule has 1 aliphatic heterocycles. The number of benzene rings is 3. The van der Waals surface area contributed by atoms with Gasteiger partial charge in [0.25, 0.3) is 0 Å². The van der Waals surface area contributed by atoms with Crippen LogP contribution in [0.25, 0.3) is 10.8 Å². The molecule has 3 atom stereocenters. The van der Waals surface area contributed by atoms with Gasteiger partial charge in [0.15, 0.2) is 0 Å². The summed E-state index contributed by atoms with van der Waals surface area (Å²) in [7, 11) is 0. The number of carbonyl (C=O) groups excluding carboxylic acids is 2. The zero-order chi connectivity index (χ0) is 21.4. The Labute approximate surface area is 182 Å². The van der Waals surface area contributed by atoms with Gasteiger partial charge in [0.1, 0.15) is 11.5 Å². The highest BCUT2D eigenvalue weighted by Gasteiger charge is 2.49. The van der Waals surface area contributed by atoms with Gasteiger partial charge in [-0.3, -0.25) is 14.5 Å². The van der Waals surface area contributed by atoms with Crippen LogP contribution >= 0.6 is 0 Å².